The molecule has 0 spiro atoms. The maximum atomic E-state index is 14.8. The summed E-state index contributed by atoms with van der Waals surface area (Å²) in [5.41, 5.74) is 1.86. The Bertz CT molecular complexity index is 2010. The molecule has 244 valence electrons. The van der Waals surface area contributed by atoms with Gasteiger partial charge in [-0.15, -0.1) is 0 Å². The van der Waals surface area contributed by atoms with Crippen LogP contribution in [0.4, 0.5) is 13.2 Å². The number of ether oxygens (including phenoxy) is 2. The van der Waals surface area contributed by atoms with Crippen LogP contribution < -0.4 is 20.5 Å². The summed E-state index contributed by atoms with van der Waals surface area (Å²) in [5, 5.41) is 20.4. The molecule has 1 atom stereocenters. The van der Waals surface area contributed by atoms with Crippen LogP contribution in [-0.2, 0) is 16.8 Å². The number of fused-ring (bicyclic) bond motifs is 2. The Balaban J connectivity index is 1.41. The molecule has 47 heavy (non-hydrogen) atoms. The van der Waals surface area contributed by atoms with E-state index < -0.39 is 42.3 Å². The molecular formula is C34H32F3N5O5. The number of carbonyl (C=O) groups is 2. The van der Waals surface area contributed by atoms with Crippen molar-refractivity contribution in [2.75, 3.05) is 20.3 Å². The molecule has 10 nitrogen and oxygen atoms in total. The van der Waals surface area contributed by atoms with Gasteiger partial charge < -0.3 is 25.6 Å². The fraction of sp³-hybridized carbons (Fsp3) is 0.294. The first-order valence-electron chi connectivity index (χ1n) is 15.0. The van der Waals surface area contributed by atoms with Gasteiger partial charge in [0.1, 0.15) is 22.7 Å². The maximum absolute atomic E-state index is 14.8. The third kappa shape index (κ3) is 6.18. The number of halogens is 3. The van der Waals surface area contributed by atoms with Crippen LogP contribution in [0.25, 0.3) is 32.9 Å². The van der Waals surface area contributed by atoms with Gasteiger partial charge in [-0.2, -0.15) is 18.3 Å². The molecule has 13 heteroatoms. The number of aliphatic hydroxyl groups is 1. The van der Waals surface area contributed by atoms with Crippen LogP contribution in [0.1, 0.15) is 47.4 Å². The first-order valence-corrected chi connectivity index (χ1v) is 15.0. The minimum absolute atomic E-state index is 0.00405. The highest BCUT2D eigenvalue weighted by atomic mass is 19.4. The number of nitrogens with two attached hydrogens (primary N) is 1. The Labute approximate surface area is 267 Å². The predicted octanol–water partition coefficient (Wildman–Crippen LogP) is 5.20. The predicted molar refractivity (Wildman–Crippen MR) is 168 cm³/mol. The van der Waals surface area contributed by atoms with E-state index in [0.29, 0.717) is 16.5 Å². The van der Waals surface area contributed by atoms with Gasteiger partial charge in [-0.05, 0) is 54.8 Å². The normalized spacial score (nSPS) is 14.6. The van der Waals surface area contributed by atoms with Crippen LogP contribution in [0.2, 0.25) is 0 Å². The van der Waals surface area contributed by atoms with Crippen molar-refractivity contribution in [3.05, 3.63) is 83.7 Å². The Morgan fingerprint density at radius 2 is 1.81 bits per heavy atom. The van der Waals surface area contributed by atoms with Crippen LogP contribution in [0, 0.1) is 0 Å². The maximum Gasteiger partial charge on any atom is 0.424 e. The number of carbonyl (C=O) groups excluding carboxylic acids is 2. The third-order valence-corrected chi connectivity index (χ3v) is 8.12. The van der Waals surface area contributed by atoms with Crippen LogP contribution in [0.15, 0.2) is 66.9 Å². The van der Waals surface area contributed by atoms with Gasteiger partial charge in [-0.1, -0.05) is 36.4 Å². The highest BCUT2D eigenvalue weighted by molar-refractivity contribution is 6.00. The number of amides is 2. The Kier molecular flexibility index (Phi) is 8.26. The molecule has 1 aliphatic carbocycles. The van der Waals surface area contributed by atoms with Crippen LogP contribution >= 0.6 is 0 Å². The summed E-state index contributed by atoms with van der Waals surface area (Å²) >= 11 is 0. The molecule has 2 heterocycles. The lowest BCUT2D eigenvalue weighted by Gasteiger charge is -2.31. The number of nitrogens with one attached hydrogen (secondary N) is 1. The zero-order valence-electron chi connectivity index (χ0n) is 25.6. The van der Waals surface area contributed by atoms with E-state index in [4.69, 9.17) is 15.2 Å². The molecule has 3 aromatic carbocycles. The molecule has 0 radical (unpaired) electrons. The van der Waals surface area contributed by atoms with Crippen molar-refractivity contribution in [3.63, 3.8) is 0 Å². The first-order chi connectivity index (χ1) is 22.4. The van der Waals surface area contributed by atoms with E-state index in [1.165, 1.54) is 19.2 Å². The van der Waals surface area contributed by atoms with E-state index in [2.05, 4.69) is 15.4 Å². The van der Waals surface area contributed by atoms with Gasteiger partial charge in [0.15, 0.2) is 0 Å². The van der Waals surface area contributed by atoms with Gasteiger partial charge in [0.05, 0.1) is 38.4 Å². The number of hydrogen-bond acceptors (Lipinski definition) is 7. The lowest BCUT2D eigenvalue weighted by molar-refractivity contribution is -0.265. The van der Waals surface area contributed by atoms with E-state index >= 15 is 0 Å². The van der Waals surface area contributed by atoms with E-state index in [9.17, 15) is 27.9 Å². The standard InChI is InChI=1S/C34H32F3N5O5/c1-3-47-31-22(16-28(38)43)15-27(40-30(31)21-9-8-19-6-4-5-7-20(19)12-21)33(45,34(35,36)37)18-39-32(44)23-13-24-17-42(25-10-11-25)41-29(24)26(14-23)46-2/h4-9,12-15,17,25,45H,3,10-11,16,18H2,1-2H3,(H2,38,43)(H,39,44)/t33-/m0/s1. The van der Waals surface area contributed by atoms with E-state index in [1.807, 2.05) is 24.3 Å². The summed E-state index contributed by atoms with van der Waals surface area (Å²) < 4.78 is 57.5. The molecule has 1 aliphatic rings. The fourth-order valence-electron chi connectivity index (χ4n) is 5.54. The second-order valence-electron chi connectivity index (χ2n) is 11.5. The number of benzene rings is 3. The minimum atomic E-state index is -5.31. The number of rotatable bonds is 11. The summed E-state index contributed by atoms with van der Waals surface area (Å²) in [5.74, 6) is -1.37. The average Bonchev–Trinajstić information content (AvgIpc) is 3.81. The lowest BCUT2D eigenvalue weighted by atomic mass is 9.93. The molecule has 4 N–H and O–H groups in total. The molecule has 1 fully saturated rings. The molecule has 0 saturated heterocycles. The zero-order chi connectivity index (χ0) is 33.5. The van der Waals surface area contributed by atoms with E-state index in [0.717, 1.165) is 29.7 Å². The minimum Gasteiger partial charge on any atom is -0.494 e. The third-order valence-electron chi connectivity index (χ3n) is 8.12. The molecule has 0 aliphatic heterocycles. The number of methoxy groups -OCH3 is 1. The van der Waals surface area contributed by atoms with E-state index in [-0.39, 0.29) is 41.0 Å². The fourth-order valence-corrected chi connectivity index (χ4v) is 5.54. The van der Waals surface area contributed by atoms with E-state index in [1.54, 1.807) is 36.0 Å². The smallest absolute Gasteiger partial charge is 0.424 e. The number of primary amides is 1. The quantitative estimate of drug-likeness (QED) is 0.179. The number of hydrogen-bond donors (Lipinski definition) is 3. The molecule has 0 unspecified atom stereocenters. The molecule has 0 bridgehead atoms. The molecule has 5 aromatic rings. The average molecular weight is 648 g/mol. The van der Waals surface area contributed by atoms with Crippen molar-refractivity contribution in [3.8, 4) is 22.8 Å². The summed E-state index contributed by atoms with van der Waals surface area (Å²) in [6.45, 7) is 0.502. The zero-order valence-corrected chi connectivity index (χ0v) is 25.6. The molecule has 2 amide bonds. The van der Waals surface area contributed by atoms with Crippen LogP contribution in [0.3, 0.4) is 0 Å². The number of aromatic nitrogens is 3. The van der Waals surface area contributed by atoms with Gasteiger partial charge in [0, 0.05) is 28.3 Å². The van der Waals surface area contributed by atoms with Crippen molar-refractivity contribution < 1.29 is 37.3 Å². The summed E-state index contributed by atoms with van der Waals surface area (Å²) in [6.07, 6.45) is -2.08. The first kappa shape index (κ1) is 31.8. The van der Waals surface area contributed by atoms with Gasteiger partial charge in [-0.3, -0.25) is 14.3 Å². The second kappa shape index (κ2) is 12.2. The Hall–Kier alpha value is -5.17. The second-order valence-corrected chi connectivity index (χ2v) is 11.5. The highest BCUT2D eigenvalue weighted by Crippen LogP contribution is 2.42. The highest BCUT2D eigenvalue weighted by Gasteiger charge is 2.56. The molecule has 1 saturated carbocycles. The Morgan fingerprint density at radius 3 is 2.47 bits per heavy atom. The van der Waals surface area contributed by atoms with Gasteiger partial charge >= 0.3 is 6.18 Å². The largest absolute Gasteiger partial charge is 0.494 e. The van der Waals surface area contributed by atoms with Crippen molar-refractivity contribution in [1.29, 1.82) is 0 Å². The number of pyridine rings is 1. The van der Waals surface area contributed by atoms with Crippen LogP contribution in [-0.4, -0.2) is 58.1 Å². The SMILES string of the molecule is CCOc1c(CC(N)=O)cc([C@@](O)(CNC(=O)c2cc(OC)c3nn(C4CC4)cc3c2)C(F)(F)F)nc1-c1ccc2ccccc2c1. The van der Waals surface area contributed by atoms with Crippen molar-refractivity contribution in [2.45, 2.75) is 44.0 Å². The lowest BCUT2D eigenvalue weighted by Crippen LogP contribution is -2.51. The Morgan fingerprint density at radius 1 is 1.06 bits per heavy atom. The van der Waals surface area contributed by atoms with Crippen molar-refractivity contribution >= 4 is 33.5 Å². The van der Waals surface area contributed by atoms with Crippen molar-refractivity contribution in [2.24, 2.45) is 5.73 Å². The summed E-state index contributed by atoms with van der Waals surface area (Å²) in [7, 11) is 1.41. The summed E-state index contributed by atoms with van der Waals surface area (Å²) in [4.78, 5) is 29.6. The number of nitrogens with zero attached hydrogens (tertiary/aromatic N) is 3. The van der Waals surface area contributed by atoms with Gasteiger partial charge in [0.25, 0.3) is 5.91 Å². The van der Waals surface area contributed by atoms with Gasteiger partial charge in [0.2, 0.25) is 11.5 Å². The molecule has 2 aromatic heterocycles. The van der Waals surface area contributed by atoms with Crippen molar-refractivity contribution in [1.82, 2.24) is 20.1 Å². The molecule has 6 rings (SSSR count). The van der Waals surface area contributed by atoms with Crippen LogP contribution in [0.5, 0.6) is 11.5 Å². The monoisotopic (exact) mass is 647 g/mol. The van der Waals surface area contributed by atoms with Gasteiger partial charge in [-0.25, -0.2) is 4.98 Å². The topological polar surface area (TPSA) is 142 Å². The summed E-state index contributed by atoms with van der Waals surface area (Å²) in [6, 6.07) is 16.6. The number of alkyl halides is 3. The molecular weight excluding hydrogens is 615 g/mol.